The van der Waals surface area contributed by atoms with E-state index in [4.69, 9.17) is 34.8 Å². The molecule has 1 amide bonds. The lowest BCUT2D eigenvalue weighted by molar-refractivity contribution is -0.113. The minimum Gasteiger partial charge on any atom is -0.309 e. The van der Waals surface area contributed by atoms with Gasteiger partial charge < -0.3 is 5.32 Å². The Bertz CT molecular complexity index is 963. The van der Waals surface area contributed by atoms with Crippen LogP contribution in [0.25, 0.3) is 5.69 Å². The van der Waals surface area contributed by atoms with Crippen LogP contribution in [0, 0.1) is 6.92 Å². The number of nitrogens with one attached hydrogen (secondary N) is 1. The monoisotopic (exact) mass is 427 g/mol. The summed E-state index contributed by atoms with van der Waals surface area (Å²) in [5.41, 5.74) is 1.79. The molecule has 26 heavy (non-hydrogen) atoms. The number of aryl methyl sites for hydroxylation is 1. The topological polar surface area (TPSA) is 72.7 Å². The number of carbonyl (C=O) groups is 1. The molecule has 0 atom stereocenters. The summed E-state index contributed by atoms with van der Waals surface area (Å²) in [6.45, 7) is 1.92. The van der Waals surface area contributed by atoms with Crippen molar-refractivity contribution in [2.24, 2.45) is 0 Å². The average Bonchev–Trinajstić information content (AvgIpc) is 3.06. The fourth-order valence-electron chi connectivity index (χ4n) is 2.04. The van der Waals surface area contributed by atoms with E-state index in [1.807, 2.05) is 25.1 Å². The van der Waals surface area contributed by atoms with Crippen LogP contribution in [-0.4, -0.2) is 31.4 Å². The van der Waals surface area contributed by atoms with Crippen molar-refractivity contribution in [1.29, 1.82) is 0 Å². The van der Waals surface area contributed by atoms with Crippen molar-refractivity contribution in [3.63, 3.8) is 0 Å². The molecule has 3 rings (SSSR count). The summed E-state index contributed by atoms with van der Waals surface area (Å²) < 4.78 is 1.76. The summed E-state index contributed by atoms with van der Waals surface area (Å²) in [6.07, 6.45) is 2.98. The number of hydrogen-bond acceptors (Lipinski definition) is 5. The SMILES string of the molecule is Cc1ccc(-n2cnnc2SCC(=O)Nc2ncc(Cl)cc2Cl)cc1Cl. The zero-order valence-electron chi connectivity index (χ0n) is 13.4. The number of halogens is 3. The number of aromatic nitrogens is 4. The highest BCUT2D eigenvalue weighted by Gasteiger charge is 2.13. The maximum Gasteiger partial charge on any atom is 0.236 e. The smallest absolute Gasteiger partial charge is 0.236 e. The van der Waals surface area contributed by atoms with E-state index in [0.29, 0.717) is 15.2 Å². The van der Waals surface area contributed by atoms with E-state index in [1.165, 1.54) is 24.0 Å². The molecule has 0 fully saturated rings. The van der Waals surface area contributed by atoms with Gasteiger partial charge in [0.2, 0.25) is 5.91 Å². The number of amides is 1. The van der Waals surface area contributed by atoms with E-state index in [1.54, 1.807) is 10.9 Å². The van der Waals surface area contributed by atoms with Crippen molar-refractivity contribution >= 4 is 58.3 Å². The van der Waals surface area contributed by atoms with Crippen molar-refractivity contribution in [1.82, 2.24) is 19.7 Å². The Hall–Kier alpha value is -1.80. The van der Waals surface area contributed by atoms with Gasteiger partial charge in [-0.25, -0.2) is 4.98 Å². The van der Waals surface area contributed by atoms with Gasteiger partial charge in [-0.05, 0) is 30.7 Å². The molecule has 3 aromatic rings. The molecular formula is C16H12Cl3N5OS. The first-order valence-electron chi connectivity index (χ1n) is 7.34. The molecule has 2 heterocycles. The summed E-state index contributed by atoms with van der Waals surface area (Å²) in [5, 5.41) is 12.5. The van der Waals surface area contributed by atoms with Gasteiger partial charge in [-0.3, -0.25) is 9.36 Å². The number of thioether (sulfide) groups is 1. The van der Waals surface area contributed by atoms with Gasteiger partial charge in [0.15, 0.2) is 11.0 Å². The Balaban J connectivity index is 1.68. The van der Waals surface area contributed by atoms with Crippen LogP contribution in [0.15, 0.2) is 41.9 Å². The second kappa shape index (κ2) is 8.26. The largest absolute Gasteiger partial charge is 0.309 e. The van der Waals surface area contributed by atoms with Gasteiger partial charge in [-0.1, -0.05) is 52.6 Å². The first-order valence-corrected chi connectivity index (χ1v) is 9.46. The van der Waals surface area contributed by atoms with Crippen molar-refractivity contribution in [2.45, 2.75) is 12.1 Å². The van der Waals surface area contributed by atoms with E-state index >= 15 is 0 Å². The second-order valence-corrected chi connectivity index (χ2v) is 7.43. The number of carbonyl (C=O) groups excluding carboxylic acids is 1. The van der Waals surface area contributed by atoms with E-state index in [9.17, 15) is 4.79 Å². The maximum atomic E-state index is 12.1. The summed E-state index contributed by atoms with van der Waals surface area (Å²) in [7, 11) is 0. The Morgan fingerprint density at radius 2 is 2.04 bits per heavy atom. The molecule has 6 nitrogen and oxygen atoms in total. The third-order valence-corrected chi connectivity index (χ3v) is 5.19. The van der Waals surface area contributed by atoms with E-state index in [2.05, 4.69) is 20.5 Å². The Labute approximate surface area is 168 Å². The van der Waals surface area contributed by atoms with Gasteiger partial charge in [-0.2, -0.15) is 0 Å². The molecule has 1 aromatic carbocycles. The van der Waals surface area contributed by atoms with Crippen LogP contribution in [0.1, 0.15) is 5.56 Å². The summed E-state index contributed by atoms with van der Waals surface area (Å²) in [4.78, 5) is 16.1. The molecule has 0 saturated heterocycles. The molecule has 0 radical (unpaired) electrons. The molecule has 0 unspecified atom stereocenters. The number of benzene rings is 1. The van der Waals surface area contributed by atoms with Gasteiger partial charge in [-0.15, -0.1) is 10.2 Å². The minimum absolute atomic E-state index is 0.110. The molecule has 0 aliphatic rings. The zero-order valence-corrected chi connectivity index (χ0v) is 16.5. The lowest BCUT2D eigenvalue weighted by Crippen LogP contribution is -2.15. The predicted octanol–water partition coefficient (Wildman–Crippen LogP) is 4.66. The zero-order chi connectivity index (χ0) is 18.7. The van der Waals surface area contributed by atoms with Crippen molar-refractivity contribution in [2.75, 3.05) is 11.1 Å². The average molecular weight is 429 g/mol. The van der Waals surface area contributed by atoms with Crippen molar-refractivity contribution in [3.05, 3.63) is 57.4 Å². The lowest BCUT2D eigenvalue weighted by Gasteiger charge is -2.08. The molecule has 2 aromatic heterocycles. The molecule has 0 spiro atoms. The van der Waals surface area contributed by atoms with Gasteiger partial charge in [0, 0.05) is 11.2 Å². The molecule has 1 N–H and O–H groups in total. The van der Waals surface area contributed by atoms with Crippen LogP contribution in [0.5, 0.6) is 0 Å². The number of pyridine rings is 1. The van der Waals surface area contributed by atoms with Gasteiger partial charge in [0.05, 0.1) is 21.5 Å². The molecule has 134 valence electrons. The Morgan fingerprint density at radius 1 is 1.23 bits per heavy atom. The van der Waals surface area contributed by atoms with Crippen LogP contribution in [0.2, 0.25) is 15.1 Å². The third-order valence-electron chi connectivity index (χ3n) is 3.35. The minimum atomic E-state index is -0.275. The summed E-state index contributed by atoms with van der Waals surface area (Å²) in [6, 6.07) is 7.15. The lowest BCUT2D eigenvalue weighted by atomic mass is 10.2. The third kappa shape index (κ3) is 4.48. The van der Waals surface area contributed by atoms with Crippen LogP contribution in [-0.2, 0) is 4.79 Å². The van der Waals surface area contributed by atoms with Crippen molar-refractivity contribution in [3.8, 4) is 5.69 Å². The molecule has 0 bridgehead atoms. The summed E-state index contributed by atoms with van der Waals surface area (Å²) >= 11 is 19.2. The van der Waals surface area contributed by atoms with E-state index in [0.717, 1.165) is 11.3 Å². The quantitative estimate of drug-likeness (QED) is 0.598. The van der Waals surface area contributed by atoms with Gasteiger partial charge in [0.25, 0.3) is 0 Å². The second-order valence-electron chi connectivity index (χ2n) is 5.24. The fraction of sp³-hybridized carbons (Fsp3) is 0.125. The Morgan fingerprint density at radius 3 is 2.77 bits per heavy atom. The number of rotatable bonds is 5. The highest BCUT2D eigenvalue weighted by molar-refractivity contribution is 7.99. The van der Waals surface area contributed by atoms with Crippen LogP contribution >= 0.6 is 46.6 Å². The molecule has 10 heteroatoms. The maximum absolute atomic E-state index is 12.1. The van der Waals surface area contributed by atoms with Crippen LogP contribution in [0.4, 0.5) is 5.82 Å². The fourth-order valence-corrected chi connectivity index (χ4v) is 3.37. The number of nitrogens with zero attached hydrogens (tertiary/aromatic N) is 4. The van der Waals surface area contributed by atoms with Gasteiger partial charge >= 0.3 is 0 Å². The molecule has 0 aliphatic heterocycles. The summed E-state index contributed by atoms with van der Waals surface area (Å²) in [5.74, 6) is 0.0931. The van der Waals surface area contributed by atoms with Crippen LogP contribution < -0.4 is 5.32 Å². The van der Waals surface area contributed by atoms with Crippen molar-refractivity contribution < 1.29 is 4.79 Å². The molecule has 0 aliphatic carbocycles. The molecule has 0 saturated carbocycles. The first-order chi connectivity index (χ1) is 12.4. The van der Waals surface area contributed by atoms with Crippen LogP contribution in [0.3, 0.4) is 0 Å². The first kappa shape index (κ1) is 19.0. The van der Waals surface area contributed by atoms with Gasteiger partial charge in [0.1, 0.15) is 6.33 Å². The van der Waals surface area contributed by atoms with E-state index in [-0.39, 0.29) is 22.5 Å². The normalized spacial score (nSPS) is 10.8. The van der Waals surface area contributed by atoms with E-state index < -0.39 is 0 Å². The highest BCUT2D eigenvalue weighted by atomic mass is 35.5. The standard InChI is InChI=1S/C16H12Cl3N5OS/c1-9-2-3-11(5-12(9)18)24-8-21-23-16(24)26-7-14(25)22-15-13(19)4-10(17)6-20-15/h2-6,8H,7H2,1H3,(H,20,22,25). The highest BCUT2D eigenvalue weighted by Crippen LogP contribution is 2.25. The predicted molar refractivity (Wildman–Crippen MR) is 105 cm³/mol. The number of hydrogen-bond donors (Lipinski definition) is 1. The number of anilines is 1. The molecular weight excluding hydrogens is 417 g/mol. The Kier molecular flexibility index (Phi) is 6.03.